The second kappa shape index (κ2) is 7.98. The number of carbonyl (C=O) groups is 1. The van der Waals surface area contributed by atoms with E-state index in [1.165, 1.54) is 24.8 Å². The van der Waals surface area contributed by atoms with E-state index in [-0.39, 0.29) is 11.5 Å². The molecule has 3 rings (SSSR count). The molecule has 1 amide bonds. The van der Waals surface area contributed by atoms with Gasteiger partial charge in [0.1, 0.15) is 11.6 Å². The lowest BCUT2D eigenvalue weighted by Crippen LogP contribution is -2.18. The molecular formula is C20H21F3N2O2. The highest BCUT2D eigenvalue weighted by Gasteiger charge is 2.34. The molecule has 1 fully saturated rings. The number of rotatable bonds is 4. The van der Waals surface area contributed by atoms with Crippen molar-refractivity contribution >= 4 is 11.7 Å². The average molecular weight is 378 g/mol. The van der Waals surface area contributed by atoms with Gasteiger partial charge in [-0.25, -0.2) is 4.98 Å². The van der Waals surface area contributed by atoms with E-state index in [1.54, 1.807) is 6.07 Å². The highest BCUT2D eigenvalue weighted by molar-refractivity contribution is 5.90. The van der Waals surface area contributed by atoms with E-state index in [2.05, 4.69) is 10.3 Å². The van der Waals surface area contributed by atoms with Gasteiger partial charge in [0.05, 0.1) is 5.56 Å². The van der Waals surface area contributed by atoms with E-state index in [1.807, 2.05) is 0 Å². The second-order valence-electron chi connectivity index (χ2n) is 6.92. The maximum Gasteiger partial charge on any atom is 0.419 e. The molecule has 1 aromatic heterocycles. The Morgan fingerprint density at radius 3 is 2.52 bits per heavy atom. The molecule has 2 N–H and O–H groups in total. The monoisotopic (exact) mass is 378 g/mol. The summed E-state index contributed by atoms with van der Waals surface area (Å²) in [5.41, 5.74) is -0.339. The number of carbonyl (C=O) groups excluding carboxylic acids is 1. The summed E-state index contributed by atoms with van der Waals surface area (Å²) in [4.78, 5) is 16.3. The first-order valence-electron chi connectivity index (χ1n) is 8.99. The lowest BCUT2D eigenvalue weighted by atomic mass is 9.87. The number of alkyl halides is 3. The Labute approximate surface area is 155 Å². The lowest BCUT2D eigenvalue weighted by molar-refractivity contribution is -0.138. The number of nitrogens with one attached hydrogen (secondary N) is 1. The fraction of sp³-hybridized carbons (Fsp3) is 0.400. The number of hydrogen-bond donors (Lipinski definition) is 2. The molecule has 1 heterocycles. The number of anilines is 1. The highest BCUT2D eigenvalue weighted by Crippen LogP contribution is 2.38. The fourth-order valence-corrected chi connectivity index (χ4v) is 3.47. The summed E-state index contributed by atoms with van der Waals surface area (Å²) in [6, 6.07) is 6.39. The molecule has 0 bridgehead atoms. The van der Waals surface area contributed by atoms with Crippen molar-refractivity contribution in [3.05, 3.63) is 42.1 Å². The highest BCUT2D eigenvalue weighted by atomic mass is 19.4. The number of benzene rings is 1. The van der Waals surface area contributed by atoms with Gasteiger partial charge in [-0.05, 0) is 54.2 Å². The van der Waals surface area contributed by atoms with Crippen LogP contribution in [0.25, 0.3) is 11.1 Å². The lowest BCUT2D eigenvalue weighted by Gasteiger charge is -2.20. The van der Waals surface area contributed by atoms with Crippen LogP contribution in [0, 0.1) is 5.92 Å². The van der Waals surface area contributed by atoms with Crippen molar-refractivity contribution in [3.8, 4) is 16.9 Å². The summed E-state index contributed by atoms with van der Waals surface area (Å²) in [6.45, 7) is 0. The number of phenols is 1. The summed E-state index contributed by atoms with van der Waals surface area (Å²) in [6.07, 6.45) is 2.83. The number of halogens is 3. The Morgan fingerprint density at radius 1 is 1.11 bits per heavy atom. The van der Waals surface area contributed by atoms with Crippen LogP contribution in [0.5, 0.6) is 5.75 Å². The third kappa shape index (κ3) is 4.99. The van der Waals surface area contributed by atoms with Crippen LogP contribution in [0.2, 0.25) is 0 Å². The van der Waals surface area contributed by atoms with Crippen LogP contribution < -0.4 is 5.32 Å². The molecule has 2 aromatic rings. The summed E-state index contributed by atoms with van der Waals surface area (Å²) in [7, 11) is 0. The molecule has 0 atom stereocenters. The van der Waals surface area contributed by atoms with Gasteiger partial charge in [-0.1, -0.05) is 25.3 Å². The molecule has 1 aliphatic carbocycles. The van der Waals surface area contributed by atoms with Crippen molar-refractivity contribution in [1.29, 1.82) is 0 Å². The van der Waals surface area contributed by atoms with Gasteiger partial charge >= 0.3 is 6.18 Å². The number of nitrogens with zero attached hydrogens (tertiary/aromatic N) is 1. The molecule has 144 valence electrons. The van der Waals surface area contributed by atoms with Crippen molar-refractivity contribution < 1.29 is 23.1 Å². The molecule has 27 heavy (non-hydrogen) atoms. The predicted molar refractivity (Wildman–Crippen MR) is 96.2 cm³/mol. The molecule has 1 aromatic carbocycles. The van der Waals surface area contributed by atoms with Crippen molar-refractivity contribution in [2.24, 2.45) is 5.92 Å². The molecule has 0 aliphatic heterocycles. The van der Waals surface area contributed by atoms with Crippen LogP contribution in [0.4, 0.5) is 19.0 Å². The summed E-state index contributed by atoms with van der Waals surface area (Å²) < 4.78 is 39.0. The zero-order chi connectivity index (χ0) is 19.4. The Balaban J connectivity index is 1.74. The first-order chi connectivity index (χ1) is 12.8. The second-order valence-corrected chi connectivity index (χ2v) is 6.92. The first-order valence-corrected chi connectivity index (χ1v) is 8.99. The van der Waals surface area contributed by atoms with Gasteiger partial charge in [0, 0.05) is 12.6 Å². The van der Waals surface area contributed by atoms with Crippen LogP contribution in [0.15, 0.2) is 36.5 Å². The van der Waals surface area contributed by atoms with Crippen LogP contribution in [0.1, 0.15) is 44.1 Å². The number of aromatic nitrogens is 1. The molecule has 1 aliphatic rings. The van der Waals surface area contributed by atoms with Gasteiger partial charge in [0.2, 0.25) is 5.91 Å². The van der Waals surface area contributed by atoms with Crippen LogP contribution >= 0.6 is 0 Å². The third-order valence-electron chi connectivity index (χ3n) is 4.86. The maximum atomic E-state index is 13.0. The van der Waals surface area contributed by atoms with Gasteiger partial charge < -0.3 is 10.4 Å². The number of phenolic OH excluding ortho intramolecular Hbond substituents is 1. The van der Waals surface area contributed by atoms with Crippen molar-refractivity contribution in [2.45, 2.75) is 44.7 Å². The third-order valence-corrected chi connectivity index (χ3v) is 4.86. The predicted octanol–water partition coefficient (Wildman–Crippen LogP) is 5.38. The normalized spacial score (nSPS) is 15.5. The van der Waals surface area contributed by atoms with Crippen LogP contribution in [-0.2, 0) is 11.0 Å². The Morgan fingerprint density at radius 2 is 1.81 bits per heavy atom. The maximum absolute atomic E-state index is 13.0. The molecule has 0 saturated heterocycles. The van der Waals surface area contributed by atoms with Gasteiger partial charge in [-0.3, -0.25) is 4.79 Å². The van der Waals surface area contributed by atoms with Gasteiger partial charge in [-0.2, -0.15) is 13.2 Å². The molecule has 7 heteroatoms. The topological polar surface area (TPSA) is 62.2 Å². The SMILES string of the molecule is O=C(CC1CCCCC1)Nc1cc(-c2ccc(O)c(C(F)(F)F)c2)ccn1. The van der Waals surface area contributed by atoms with Crippen LogP contribution in [0.3, 0.4) is 0 Å². The molecule has 0 unspecified atom stereocenters. The standard InChI is InChI=1S/C20H21F3N2O2/c21-20(22,23)16-11-14(6-7-17(16)26)15-8-9-24-18(12-15)25-19(27)10-13-4-2-1-3-5-13/h6-9,11-13,26H,1-5,10H2,(H,24,25,27). The largest absolute Gasteiger partial charge is 0.507 e. The molecule has 0 spiro atoms. The van der Waals surface area contributed by atoms with E-state index < -0.39 is 17.5 Å². The van der Waals surface area contributed by atoms with E-state index in [0.717, 1.165) is 37.8 Å². The number of hydrogen-bond acceptors (Lipinski definition) is 3. The quantitative estimate of drug-likeness (QED) is 0.751. The Hall–Kier alpha value is -2.57. The molecule has 0 radical (unpaired) electrons. The van der Waals surface area contributed by atoms with Gasteiger partial charge in [-0.15, -0.1) is 0 Å². The Bertz CT molecular complexity index is 815. The summed E-state index contributed by atoms with van der Waals surface area (Å²) >= 11 is 0. The van der Waals surface area contributed by atoms with Gasteiger partial charge in [0.25, 0.3) is 0 Å². The average Bonchev–Trinajstić information content (AvgIpc) is 2.62. The van der Waals surface area contributed by atoms with Gasteiger partial charge in [0.15, 0.2) is 0 Å². The summed E-state index contributed by atoms with van der Waals surface area (Å²) in [5.74, 6) is -0.266. The minimum Gasteiger partial charge on any atom is -0.507 e. The minimum absolute atomic E-state index is 0.131. The van der Waals surface area contributed by atoms with E-state index >= 15 is 0 Å². The van der Waals surface area contributed by atoms with E-state index in [4.69, 9.17) is 0 Å². The minimum atomic E-state index is -4.65. The first kappa shape index (κ1) is 19.2. The number of pyridine rings is 1. The fourth-order valence-electron chi connectivity index (χ4n) is 3.47. The summed E-state index contributed by atoms with van der Waals surface area (Å²) in [5, 5.41) is 12.2. The van der Waals surface area contributed by atoms with Crippen molar-refractivity contribution in [1.82, 2.24) is 4.98 Å². The molecule has 1 saturated carbocycles. The number of amides is 1. The van der Waals surface area contributed by atoms with Crippen molar-refractivity contribution in [3.63, 3.8) is 0 Å². The van der Waals surface area contributed by atoms with Crippen LogP contribution in [-0.4, -0.2) is 16.0 Å². The smallest absolute Gasteiger partial charge is 0.419 e. The molecule has 4 nitrogen and oxygen atoms in total. The number of aromatic hydroxyl groups is 1. The Kier molecular flexibility index (Phi) is 5.68. The zero-order valence-corrected chi connectivity index (χ0v) is 14.7. The zero-order valence-electron chi connectivity index (χ0n) is 14.7. The van der Waals surface area contributed by atoms with E-state index in [0.29, 0.717) is 23.7 Å². The molecular weight excluding hydrogens is 357 g/mol. The van der Waals surface area contributed by atoms with Crippen molar-refractivity contribution in [2.75, 3.05) is 5.32 Å². The van der Waals surface area contributed by atoms with E-state index in [9.17, 15) is 23.1 Å².